The smallest absolute Gasteiger partial charge is 0.287 e. The molecule has 1 aliphatic rings. The minimum absolute atomic E-state index is 0.0921. The van der Waals surface area contributed by atoms with Crippen molar-refractivity contribution in [3.8, 4) is 0 Å². The van der Waals surface area contributed by atoms with E-state index in [4.69, 9.17) is 4.42 Å². The molecule has 110 valence electrons. The SMILES string of the molecule is O=C(NCC1CCCCC1)c1cc(=O)c2ccccc2o1. The van der Waals surface area contributed by atoms with Crippen LogP contribution in [0.4, 0.5) is 0 Å². The van der Waals surface area contributed by atoms with Gasteiger partial charge >= 0.3 is 0 Å². The van der Waals surface area contributed by atoms with Gasteiger partial charge in [0.1, 0.15) is 5.58 Å². The van der Waals surface area contributed by atoms with Crippen molar-refractivity contribution < 1.29 is 9.21 Å². The van der Waals surface area contributed by atoms with Gasteiger partial charge in [-0.3, -0.25) is 9.59 Å². The van der Waals surface area contributed by atoms with Crippen LogP contribution in [0, 0.1) is 5.92 Å². The molecule has 1 heterocycles. The van der Waals surface area contributed by atoms with Gasteiger partial charge in [0.2, 0.25) is 0 Å². The lowest BCUT2D eigenvalue weighted by molar-refractivity contribution is 0.0916. The van der Waals surface area contributed by atoms with Crippen LogP contribution in [0.5, 0.6) is 0 Å². The molecule has 0 aliphatic heterocycles. The second-order valence-electron chi connectivity index (χ2n) is 5.69. The van der Waals surface area contributed by atoms with E-state index in [0.717, 1.165) is 0 Å². The van der Waals surface area contributed by atoms with Gasteiger partial charge < -0.3 is 9.73 Å². The molecule has 0 bridgehead atoms. The van der Waals surface area contributed by atoms with E-state index >= 15 is 0 Å². The molecule has 1 aliphatic carbocycles. The average molecular weight is 285 g/mol. The van der Waals surface area contributed by atoms with Crippen LogP contribution in [0.1, 0.15) is 42.7 Å². The number of hydrogen-bond acceptors (Lipinski definition) is 3. The molecule has 2 aromatic rings. The lowest BCUT2D eigenvalue weighted by Crippen LogP contribution is -2.30. The van der Waals surface area contributed by atoms with Gasteiger partial charge in [-0.2, -0.15) is 0 Å². The normalized spacial score (nSPS) is 16.0. The Morgan fingerprint density at radius 1 is 1.19 bits per heavy atom. The predicted molar refractivity (Wildman–Crippen MR) is 81.4 cm³/mol. The molecule has 1 N–H and O–H groups in total. The van der Waals surface area contributed by atoms with Crippen molar-refractivity contribution in [3.63, 3.8) is 0 Å². The lowest BCUT2D eigenvalue weighted by Gasteiger charge is -2.21. The fourth-order valence-electron chi connectivity index (χ4n) is 2.93. The molecule has 0 unspecified atom stereocenters. The van der Waals surface area contributed by atoms with Crippen LogP contribution in [-0.2, 0) is 0 Å². The maximum Gasteiger partial charge on any atom is 0.287 e. The summed E-state index contributed by atoms with van der Waals surface area (Å²) in [6.45, 7) is 0.662. The zero-order chi connectivity index (χ0) is 14.7. The summed E-state index contributed by atoms with van der Waals surface area (Å²) < 4.78 is 5.53. The summed E-state index contributed by atoms with van der Waals surface area (Å²) in [5, 5.41) is 3.39. The molecule has 1 aromatic heterocycles. The molecule has 3 rings (SSSR count). The van der Waals surface area contributed by atoms with Crippen LogP contribution in [0.3, 0.4) is 0 Å². The number of hydrogen-bond donors (Lipinski definition) is 1. The van der Waals surface area contributed by atoms with Crippen LogP contribution >= 0.6 is 0 Å². The van der Waals surface area contributed by atoms with Crippen molar-refractivity contribution in [3.05, 3.63) is 46.3 Å². The third-order valence-electron chi connectivity index (χ3n) is 4.13. The van der Waals surface area contributed by atoms with Crippen LogP contribution in [-0.4, -0.2) is 12.5 Å². The molecule has 4 nitrogen and oxygen atoms in total. The highest BCUT2D eigenvalue weighted by Gasteiger charge is 2.16. The van der Waals surface area contributed by atoms with Gasteiger partial charge in [0.05, 0.1) is 5.39 Å². The number of benzene rings is 1. The monoisotopic (exact) mass is 285 g/mol. The highest BCUT2D eigenvalue weighted by atomic mass is 16.3. The van der Waals surface area contributed by atoms with Crippen molar-refractivity contribution >= 4 is 16.9 Å². The third-order valence-corrected chi connectivity index (χ3v) is 4.13. The molecular formula is C17H19NO3. The largest absolute Gasteiger partial charge is 0.451 e. The Bertz CT molecular complexity index is 698. The van der Waals surface area contributed by atoms with Crippen molar-refractivity contribution in [1.82, 2.24) is 5.32 Å². The molecule has 0 atom stereocenters. The molecule has 0 saturated heterocycles. The Balaban J connectivity index is 1.73. The number of carbonyl (C=O) groups is 1. The van der Waals surface area contributed by atoms with Crippen LogP contribution in [0.15, 0.2) is 39.5 Å². The van der Waals surface area contributed by atoms with Gasteiger partial charge in [-0.15, -0.1) is 0 Å². The van der Waals surface area contributed by atoms with E-state index in [9.17, 15) is 9.59 Å². The van der Waals surface area contributed by atoms with E-state index in [1.54, 1.807) is 24.3 Å². The van der Waals surface area contributed by atoms with Crippen molar-refractivity contribution in [2.24, 2.45) is 5.92 Å². The van der Waals surface area contributed by atoms with Gasteiger partial charge in [0, 0.05) is 12.6 Å². The maximum absolute atomic E-state index is 12.1. The molecule has 1 aromatic carbocycles. The summed E-state index contributed by atoms with van der Waals surface area (Å²) in [5.41, 5.74) is 0.271. The quantitative estimate of drug-likeness (QED) is 0.942. The highest BCUT2D eigenvalue weighted by Crippen LogP contribution is 2.22. The Morgan fingerprint density at radius 3 is 2.76 bits per heavy atom. The average Bonchev–Trinajstić information content (AvgIpc) is 2.53. The Hall–Kier alpha value is -2.10. The van der Waals surface area contributed by atoms with Crippen LogP contribution in [0.2, 0.25) is 0 Å². The standard InChI is InChI=1S/C17H19NO3/c19-14-10-16(21-15-9-5-4-8-13(14)15)17(20)18-11-12-6-2-1-3-7-12/h4-5,8-10,12H,1-3,6-7,11H2,(H,18,20). The summed E-state index contributed by atoms with van der Waals surface area (Å²) in [6, 6.07) is 8.25. The van der Waals surface area contributed by atoms with E-state index in [1.807, 2.05) is 0 Å². The zero-order valence-electron chi connectivity index (χ0n) is 11.9. The van der Waals surface area contributed by atoms with Gasteiger partial charge in [-0.1, -0.05) is 31.4 Å². The molecule has 1 saturated carbocycles. The molecule has 1 amide bonds. The Labute approximate surface area is 123 Å². The van der Waals surface area contributed by atoms with Crippen LogP contribution in [0.25, 0.3) is 11.0 Å². The minimum Gasteiger partial charge on any atom is -0.451 e. The molecule has 21 heavy (non-hydrogen) atoms. The zero-order valence-corrected chi connectivity index (χ0v) is 11.9. The number of rotatable bonds is 3. The molecule has 4 heteroatoms. The fourth-order valence-corrected chi connectivity index (χ4v) is 2.93. The number of amides is 1. The third kappa shape index (κ3) is 3.15. The van der Waals surface area contributed by atoms with E-state index < -0.39 is 0 Å². The van der Waals surface area contributed by atoms with Gasteiger partial charge in [0.15, 0.2) is 11.2 Å². The molecule has 0 radical (unpaired) electrons. The van der Waals surface area contributed by atoms with E-state index in [2.05, 4.69) is 5.32 Å². The van der Waals surface area contributed by atoms with E-state index in [1.165, 1.54) is 38.2 Å². The van der Waals surface area contributed by atoms with Crippen molar-refractivity contribution in [2.75, 3.05) is 6.54 Å². The van der Waals surface area contributed by atoms with Gasteiger partial charge in [-0.25, -0.2) is 0 Å². The van der Waals surface area contributed by atoms with Crippen LogP contribution < -0.4 is 10.7 Å². The fraction of sp³-hybridized carbons (Fsp3) is 0.412. The summed E-state index contributed by atoms with van der Waals surface area (Å²) in [4.78, 5) is 24.1. The lowest BCUT2D eigenvalue weighted by atomic mass is 9.89. The predicted octanol–water partition coefficient (Wildman–Crippen LogP) is 3.10. The maximum atomic E-state index is 12.1. The number of carbonyl (C=O) groups excluding carboxylic acids is 1. The Morgan fingerprint density at radius 2 is 1.95 bits per heavy atom. The summed E-state index contributed by atoms with van der Waals surface area (Å²) >= 11 is 0. The first-order valence-electron chi connectivity index (χ1n) is 7.55. The van der Waals surface area contributed by atoms with Crippen molar-refractivity contribution in [1.29, 1.82) is 0 Å². The first-order valence-corrected chi connectivity index (χ1v) is 7.55. The van der Waals surface area contributed by atoms with Gasteiger partial charge in [0.25, 0.3) is 5.91 Å². The molecule has 1 fully saturated rings. The van der Waals surface area contributed by atoms with E-state index in [-0.39, 0.29) is 17.1 Å². The van der Waals surface area contributed by atoms with Gasteiger partial charge in [-0.05, 0) is 30.9 Å². The number of nitrogens with one attached hydrogen (secondary N) is 1. The second kappa shape index (κ2) is 6.12. The van der Waals surface area contributed by atoms with Crippen molar-refractivity contribution in [2.45, 2.75) is 32.1 Å². The summed E-state index contributed by atoms with van der Waals surface area (Å²) in [5.74, 6) is 0.341. The second-order valence-corrected chi connectivity index (χ2v) is 5.69. The summed E-state index contributed by atoms with van der Waals surface area (Å²) in [7, 11) is 0. The summed E-state index contributed by atoms with van der Waals surface area (Å²) in [6.07, 6.45) is 6.12. The highest BCUT2D eigenvalue weighted by molar-refractivity contribution is 5.93. The Kier molecular flexibility index (Phi) is 4.04. The number of fused-ring (bicyclic) bond motifs is 1. The first kappa shape index (κ1) is 13.9. The molecular weight excluding hydrogens is 266 g/mol. The minimum atomic E-state index is -0.302. The van der Waals surface area contributed by atoms with E-state index in [0.29, 0.717) is 23.4 Å². The molecule has 0 spiro atoms. The first-order chi connectivity index (χ1) is 10.2. The topological polar surface area (TPSA) is 59.3 Å². The number of para-hydroxylation sites is 1.